The molecule has 0 unspecified atom stereocenters. The molecular weight excluding hydrogens is 468 g/mol. The van der Waals surface area contributed by atoms with Crippen LogP contribution in [0.3, 0.4) is 0 Å². The maximum Gasteiger partial charge on any atom is 0.234 e. The summed E-state index contributed by atoms with van der Waals surface area (Å²) < 4.78 is 7.22. The number of nitrogens with one attached hydrogen (secondary N) is 1. The van der Waals surface area contributed by atoms with Crippen molar-refractivity contribution >= 4 is 35.0 Å². The molecule has 0 saturated carbocycles. The number of amides is 1. The van der Waals surface area contributed by atoms with Crippen molar-refractivity contribution in [1.82, 2.24) is 14.8 Å². The van der Waals surface area contributed by atoms with Crippen LogP contribution >= 0.6 is 23.4 Å². The van der Waals surface area contributed by atoms with Crippen molar-refractivity contribution in [3.63, 3.8) is 0 Å². The Bertz CT molecular complexity index is 1250. The van der Waals surface area contributed by atoms with E-state index in [2.05, 4.69) is 29.4 Å². The first-order valence-corrected chi connectivity index (χ1v) is 12.2. The lowest BCUT2D eigenvalue weighted by Gasteiger charge is -2.12. The first-order chi connectivity index (χ1) is 16.4. The van der Waals surface area contributed by atoms with E-state index < -0.39 is 0 Å². The number of carbonyl (C=O) groups excluding carboxylic acids is 1. The molecule has 0 aliphatic rings. The molecule has 1 N–H and O–H groups in total. The molecule has 1 heterocycles. The molecule has 0 aliphatic heterocycles. The minimum atomic E-state index is -0.111. The molecule has 1 aromatic heterocycles. The fourth-order valence-electron chi connectivity index (χ4n) is 3.39. The molecule has 0 spiro atoms. The third-order valence-electron chi connectivity index (χ3n) is 5.26. The first-order valence-electron chi connectivity index (χ1n) is 10.8. The third kappa shape index (κ3) is 5.61. The van der Waals surface area contributed by atoms with Gasteiger partial charge in [-0.1, -0.05) is 49.3 Å². The van der Waals surface area contributed by atoms with Gasteiger partial charge in [-0.2, -0.15) is 0 Å². The predicted octanol–water partition coefficient (Wildman–Crippen LogP) is 6.45. The number of nitrogens with zero attached hydrogens (tertiary/aromatic N) is 3. The summed E-state index contributed by atoms with van der Waals surface area (Å²) in [5.74, 6) is 1.94. The third-order valence-corrected chi connectivity index (χ3v) is 6.44. The van der Waals surface area contributed by atoms with Crippen molar-refractivity contribution in [2.24, 2.45) is 0 Å². The lowest BCUT2D eigenvalue weighted by molar-refractivity contribution is -0.113. The molecule has 6 nitrogen and oxygen atoms in total. The Labute approximate surface area is 208 Å². The molecule has 4 aromatic rings. The van der Waals surface area contributed by atoms with Crippen LogP contribution in [0.25, 0.3) is 17.1 Å². The summed E-state index contributed by atoms with van der Waals surface area (Å²) in [7, 11) is 1.63. The van der Waals surface area contributed by atoms with Gasteiger partial charge in [0.1, 0.15) is 5.75 Å². The van der Waals surface area contributed by atoms with Crippen molar-refractivity contribution in [1.29, 1.82) is 0 Å². The molecule has 4 rings (SSSR count). The molecule has 0 radical (unpaired) electrons. The van der Waals surface area contributed by atoms with Gasteiger partial charge in [-0.05, 0) is 72.1 Å². The van der Waals surface area contributed by atoms with E-state index in [0.717, 1.165) is 22.7 Å². The number of thioether (sulfide) groups is 1. The van der Waals surface area contributed by atoms with E-state index in [1.165, 1.54) is 17.3 Å². The highest BCUT2D eigenvalue weighted by molar-refractivity contribution is 7.99. The van der Waals surface area contributed by atoms with Gasteiger partial charge in [0, 0.05) is 22.0 Å². The Balaban J connectivity index is 1.55. The predicted molar refractivity (Wildman–Crippen MR) is 138 cm³/mol. The van der Waals surface area contributed by atoms with Crippen LogP contribution in [-0.2, 0) is 4.79 Å². The fourth-order valence-corrected chi connectivity index (χ4v) is 4.27. The Morgan fingerprint density at radius 2 is 1.68 bits per heavy atom. The first kappa shape index (κ1) is 23.9. The van der Waals surface area contributed by atoms with Crippen LogP contribution in [0.15, 0.2) is 78.0 Å². The normalized spacial score (nSPS) is 11.0. The molecule has 3 aromatic carbocycles. The van der Waals surface area contributed by atoms with Crippen LogP contribution in [0.2, 0.25) is 5.02 Å². The number of hydrogen-bond acceptors (Lipinski definition) is 5. The maximum atomic E-state index is 12.6. The van der Waals surface area contributed by atoms with E-state index in [9.17, 15) is 4.79 Å². The number of ether oxygens (including phenoxy) is 1. The molecule has 0 bridgehead atoms. The SMILES string of the molecule is COc1ccc(-n2c(SCC(=O)Nc3ccc(C(C)C)cc3)nnc2-c2ccc(Cl)cc2)cc1. The Morgan fingerprint density at radius 3 is 2.29 bits per heavy atom. The van der Waals surface area contributed by atoms with Gasteiger partial charge in [-0.15, -0.1) is 10.2 Å². The van der Waals surface area contributed by atoms with Gasteiger partial charge < -0.3 is 10.1 Å². The molecule has 1 amide bonds. The van der Waals surface area contributed by atoms with Gasteiger partial charge in [0.2, 0.25) is 5.91 Å². The van der Waals surface area contributed by atoms with E-state index in [0.29, 0.717) is 21.9 Å². The number of benzene rings is 3. The van der Waals surface area contributed by atoms with Gasteiger partial charge in [-0.25, -0.2) is 0 Å². The lowest BCUT2D eigenvalue weighted by atomic mass is 10.0. The van der Waals surface area contributed by atoms with Gasteiger partial charge in [0.25, 0.3) is 0 Å². The molecular formula is C26H25ClN4O2S. The van der Waals surface area contributed by atoms with Crippen molar-refractivity contribution in [3.05, 3.63) is 83.4 Å². The molecule has 0 fully saturated rings. The van der Waals surface area contributed by atoms with Crippen molar-refractivity contribution < 1.29 is 9.53 Å². The number of rotatable bonds is 8. The second-order valence-corrected chi connectivity index (χ2v) is 9.34. The van der Waals surface area contributed by atoms with Gasteiger partial charge in [-0.3, -0.25) is 9.36 Å². The average Bonchev–Trinajstić information content (AvgIpc) is 3.27. The Hall–Kier alpha value is -3.29. The molecule has 34 heavy (non-hydrogen) atoms. The molecule has 174 valence electrons. The standard InChI is InChI=1S/C26H25ClN4O2S/c1-17(2)18-6-10-21(11-7-18)28-24(32)16-34-26-30-29-25(19-4-8-20(27)9-5-19)31(26)22-12-14-23(33-3)15-13-22/h4-15,17H,16H2,1-3H3,(H,28,32). The van der Waals surface area contributed by atoms with E-state index >= 15 is 0 Å². The van der Waals surface area contributed by atoms with Crippen molar-refractivity contribution in [3.8, 4) is 22.8 Å². The van der Waals surface area contributed by atoms with E-state index in [1.54, 1.807) is 7.11 Å². The maximum absolute atomic E-state index is 12.6. The quantitative estimate of drug-likeness (QED) is 0.286. The number of methoxy groups -OCH3 is 1. The van der Waals surface area contributed by atoms with E-state index in [4.69, 9.17) is 16.3 Å². The smallest absolute Gasteiger partial charge is 0.234 e. The largest absolute Gasteiger partial charge is 0.497 e. The van der Waals surface area contributed by atoms with Crippen LogP contribution in [0.4, 0.5) is 5.69 Å². The van der Waals surface area contributed by atoms with Gasteiger partial charge in [0.15, 0.2) is 11.0 Å². The lowest BCUT2D eigenvalue weighted by Crippen LogP contribution is -2.14. The zero-order valence-electron chi connectivity index (χ0n) is 19.2. The summed E-state index contributed by atoms with van der Waals surface area (Å²) in [5, 5.41) is 13.0. The zero-order valence-corrected chi connectivity index (χ0v) is 20.7. The Kier molecular flexibility index (Phi) is 7.55. The number of carbonyl (C=O) groups is 1. The highest BCUT2D eigenvalue weighted by Gasteiger charge is 2.18. The molecule has 0 aliphatic carbocycles. The number of halogens is 1. The minimum Gasteiger partial charge on any atom is -0.497 e. The minimum absolute atomic E-state index is 0.111. The summed E-state index contributed by atoms with van der Waals surface area (Å²) in [6, 6.07) is 23.0. The molecule has 8 heteroatoms. The van der Waals surface area contributed by atoms with Crippen LogP contribution in [0.5, 0.6) is 5.75 Å². The second-order valence-electron chi connectivity index (χ2n) is 7.96. The summed E-state index contributed by atoms with van der Waals surface area (Å²) in [4.78, 5) is 12.6. The van der Waals surface area contributed by atoms with E-state index in [1.807, 2.05) is 77.4 Å². The topological polar surface area (TPSA) is 69.0 Å². The van der Waals surface area contributed by atoms with E-state index in [-0.39, 0.29) is 11.7 Å². The summed E-state index contributed by atoms with van der Waals surface area (Å²) in [5.41, 5.74) is 3.74. The fraction of sp³-hybridized carbons (Fsp3) is 0.192. The average molecular weight is 493 g/mol. The van der Waals surface area contributed by atoms with Crippen LogP contribution in [-0.4, -0.2) is 33.5 Å². The number of aromatic nitrogens is 3. The van der Waals surface area contributed by atoms with Gasteiger partial charge >= 0.3 is 0 Å². The monoisotopic (exact) mass is 492 g/mol. The van der Waals surface area contributed by atoms with Gasteiger partial charge in [0.05, 0.1) is 12.9 Å². The van der Waals surface area contributed by atoms with Crippen LogP contribution in [0, 0.1) is 0 Å². The number of anilines is 1. The summed E-state index contributed by atoms with van der Waals surface area (Å²) in [6.45, 7) is 4.28. The van der Waals surface area contributed by atoms with Crippen LogP contribution < -0.4 is 10.1 Å². The van der Waals surface area contributed by atoms with Crippen LogP contribution in [0.1, 0.15) is 25.3 Å². The molecule has 0 saturated heterocycles. The highest BCUT2D eigenvalue weighted by atomic mass is 35.5. The second kappa shape index (κ2) is 10.8. The molecule has 0 atom stereocenters. The summed E-state index contributed by atoms with van der Waals surface area (Å²) >= 11 is 7.39. The van der Waals surface area contributed by atoms with Crippen molar-refractivity contribution in [2.45, 2.75) is 24.9 Å². The summed E-state index contributed by atoms with van der Waals surface area (Å²) in [6.07, 6.45) is 0. The zero-order chi connectivity index (χ0) is 24.1. The van der Waals surface area contributed by atoms with Crippen molar-refractivity contribution in [2.75, 3.05) is 18.2 Å². The highest BCUT2D eigenvalue weighted by Crippen LogP contribution is 2.29. The Morgan fingerprint density at radius 1 is 1.00 bits per heavy atom. The number of hydrogen-bond donors (Lipinski definition) is 1.